The van der Waals surface area contributed by atoms with Gasteiger partial charge in [0.15, 0.2) is 0 Å². The summed E-state index contributed by atoms with van der Waals surface area (Å²) in [6.07, 6.45) is 0.608. The van der Waals surface area contributed by atoms with E-state index >= 15 is 0 Å². The minimum absolute atomic E-state index is 0.114. The SMILES string of the molecule is C[C@@](N)(CN1CC(Oc2ccc3c(c2C(=O)O)OB(O)CC3)C1)C(=O)NC(CO)CO. The first-order valence-corrected chi connectivity index (χ1v) is 10.1. The molecule has 2 heterocycles. The molecule has 0 aliphatic carbocycles. The van der Waals surface area contributed by atoms with Crippen LogP contribution in [0, 0.1) is 0 Å². The molecule has 0 radical (unpaired) electrons. The maximum atomic E-state index is 12.3. The van der Waals surface area contributed by atoms with E-state index in [0.717, 1.165) is 0 Å². The molecule has 1 amide bonds. The van der Waals surface area contributed by atoms with Crippen molar-refractivity contribution in [2.24, 2.45) is 5.73 Å². The molecule has 12 heteroatoms. The molecule has 1 aromatic rings. The number of nitrogens with zero attached hydrogens (tertiary/aromatic N) is 1. The number of hydrogen-bond acceptors (Lipinski definition) is 9. The quantitative estimate of drug-likeness (QED) is 0.238. The van der Waals surface area contributed by atoms with Gasteiger partial charge in [-0.1, -0.05) is 6.07 Å². The Labute approximate surface area is 179 Å². The molecule has 7 N–H and O–H groups in total. The zero-order valence-electron chi connectivity index (χ0n) is 17.3. The van der Waals surface area contributed by atoms with E-state index in [1.54, 1.807) is 19.1 Å². The fourth-order valence-corrected chi connectivity index (χ4v) is 3.66. The molecule has 0 unspecified atom stereocenters. The first kappa shape index (κ1) is 23.3. The molecule has 0 saturated carbocycles. The third kappa shape index (κ3) is 5.28. The van der Waals surface area contributed by atoms with Gasteiger partial charge in [0, 0.05) is 19.6 Å². The molecule has 1 atom stereocenters. The summed E-state index contributed by atoms with van der Waals surface area (Å²) in [5, 5.41) is 40.1. The molecule has 3 rings (SSSR count). The Morgan fingerprint density at radius 1 is 1.39 bits per heavy atom. The number of ether oxygens (including phenoxy) is 1. The lowest BCUT2D eigenvalue weighted by atomic mass is 9.78. The molecule has 11 nitrogen and oxygen atoms in total. The molecule has 170 valence electrons. The van der Waals surface area contributed by atoms with E-state index in [1.165, 1.54) is 0 Å². The number of aliphatic hydroxyl groups is 2. The molecule has 0 aromatic heterocycles. The number of carboxylic acid groups (broad SMARTS) is 1. The van der Waals surface area contributed by atoms with E-state index in [0.29, 0.717) is 31.4 Å². The summed E-state index contributed by atoms with van der Waals surface area (Å²) >= 11 is 0. The van der Waals surface area contributed by atoms with Crippen molar-refractivity contribution >= 4 is 19.0 Å². The Hall–Kier alpha value is -2.38. The number of carbonyl (C=O) groups excluding carboxylic acids is 1. The fraction of sp³-hybridized carbons (Fsp3) is 0.579. The number of hydrogen-bond donors (Lipinski definition) is 6. The van der Waals surface area contributed by atoms with Crippen molar-refractivity contribution in [3.05, 3.63) is 23.3 Å². The lowest BCUT2D eigenvalue weighted by Crippen LogP contribution is -2.65. The Morgan fingerprint density at radius 3 is 2.68 bits per heavy atom. The summed E-state index contributed by atoms with van der Waals surface area (Å²) in [5.74, 6) is -1.41. The van der Waals surface area contributed by atoms with Crippen molar-refractivity contribution in [2.45, 2.75) is 37.3 Å². The number of carbonyl (C=O) groups is 2. The highest BCUT2D eigenvalue weighted by atomic mass is 16.5. The van der Waals surface area contributed by atoms with Gasteiger partial charge in [0.2, 0.25) is 5.91 Å². The van der Waals surface area contributed by atoms with Gasteiger partial charge in [0.25, 0.3) is 0 Å². The van der Waals surface area contributed by atoms with Crippen LogP contribution in [0.4, 0.5) is 0 Å². The number of carboxylic acids is 1. The molecule has 2 aliphatic rings. The van der Waals surface area contributed by atoms with Gasteiger partial charge >= 0.3 is 13.1 Å². The maximum Gasteiger partial charge on any atom is 0.522 e. The minimum atomic E-state index is -1.25. The highest BCUT2D eigenvalue weighted by molar-refractivity contribution is 6.44. The second-order valence-corrected chi connectivity index (χ2v) is 8.23. The van der Waals surface area contributed by atoms with Crippen LogP contribution >= 0.6 is 0 Å². The number of aliphatic hydroxyl groups excluding tert-OH is 2. The molecule has 0 spiro atoms. The van der Waals surface area contributed by atoms with Crippen molar-refractivity contribution in [3.8, 4) is 11.5 Å². The van der Waals surface area contributed by atoms with Crippen molar-refractivity contribution in [1.29, 1.82) is 0 Å². The highest BCUT2D eigenvalue weighted by Crippen LogP contribution is 2.37. The summed E-state index contributed by atoms with van der Waals surface area (Å²) in [4.78, 5) is 26.0. The number of benzene rings is 1. The number of amides is 1. The van der Waals surface area contributed by atoms with Crippen LogP contribution in [0.15, 0.2) is 12.1 Å². The van der Waals surface area contributed by atoms with Crippen LogP contribution in [-0.2, 0) is 11.2 Å². The molecular weight excluding hydrogens is 409 g/mol. The zero-order chi connectivity index (χ0) is 22.8. The molecule has 2 aliphatic heterocycles. The number of fused-ring (bicyclic) bond motifs is 1. The lowest BCUT2D eigenvalue weighted by Gasteiger charge is -2.42. The van der Waals surface area contributed by atoms with Gasteiger partial charge in [-0.15, -0.1) is 0 Å². The topological polar surface area (TPSA) is 175 Å². The van der Waals surface area contributed by atoms with E-state index in [4.69, 9.17) is 25.3 Å². The van der Waals surface area contributed by atoms with Crippen LogP contribution in [0.25, 0.3) is 0 Å². The molecule has 0 bridgehead atoms. The van der Waals surface area contributed by atoms with Crippen LogP contribution in [0.2, 0.25) is 6.32 Å². The smallest absolute Gasteiger partial charge is 0.522 e. The molecule has 31 heavy (non-hydrogen) atoms. The van der Waals surface area contributed by atoms with E-state index < -0.39 is 43.8 Å². The van der Waals surface area contributed by atoms with Crippen LogP contribution in [0.1, 0.15) is 22.8 Å². The van der Waals surface area contributed by atoms with Crippen molar-refractivity contribution in [1.82, 2.24) is 10.2 Å². The first-order chi connectivity index (χ1) is 14.6. The molecule has 1 aromatic carbocycles. The Morgan fingerprint density at radius 2 is 2.06 bits per heavy atom. The number of nitrogens with one attached hydrogen (secondary N) is 1. The monoisotopic (exact) mass is 437 g/mol. The number of aryl methyl sites for hydroxylation is 1. The van der Waals surface area contributed by atoms with Crippen molar-refractivity contribution in [2.75, 3.05) is 32.8 Å². The van der Waals surface area contributed by atoms with Gasteiger partial charge in [0.05, 0.1) is 19.3 Å². The van der Waals surface area contributed by atoms with Crippen molar-refractivity contribution < 1.29 is 39.3 Å². The number of nitrogens with two attached hydrogens (primary N) is 1. The zero-order valence-corrected chi connectivity index (χ0v) is 17.3. The standard InChI is InChI=1S/C19H28BN3O8/c1-19(21,18(28)22-12(8-24)9-25)10-23-6-13(7-23)30-14-3-2-11-4-5-20(29)31-16(11)15(14)17(26)27/h2-3,12-13,24-25,29H,4-10,21H2,1H3,(H,22,28)(H,26,27)/t19-/m1/s1. The summed E-state index contributed by atoms with van der Waals surface area (Å²) in [7, 11) is -1.05. The summed E-state index contributed by atoms with van der Waals surface area (Å²) < 4.78 is 11.2. The first-order valence-electron chi connectivity index (χ1n) is 10.1. The third-order valence-corrected chi connectivity index (χ3v) is 5.39. The van der Waals surface area contributed by atoms with E-state index in [1.807, 2.05) is 4.90 Å². The van der Waals surface area contributed by atoms with Gasteiger partial charge < -0.3 is 40.8 Å². The second-order valence-electron chi connectivity index (χ2n) is 8.23. The minimum Gasteiger partial charge on any atom is -0.535 e. The van der Waals surface area contributed by atoms with E-state index in [9.17, 15) is 19.7 Å². The third-order valence-electron chi connectivity index (χ3n) is 5.39. The van der Waals surface area contributed by atoms with Crippen molar-refractivity contribution in [3.63, 3.8) is 0 Å². The maximum absolute atomic E-state index is 12.3. The van der Waals surface area contributed by atoms with E-state index in [-0.39, 0.29) is 29.7 Å². The lowest BCUT2D eigenvalue weighted by molar-refractivity contribution is -0.129. The molecular formula is C19H28BN3O8. The average Bonchev–Trinajstić information content (AvgIpc) is 2.69. The highest BCUT2D eigenvalue weighted by Gasteiger charge is 2.38. The van der Waals surface area contributed by atoms with Gasteiger partial charge in [-0.25, -0.2) is 4.79 Å². The Bertz CT molecular complexity index is 827. The predicted octanol–water partition coefficient (Wildman–Crippen LogP) is -1.95. The predicted molar refractivity (Wildman–Crippen MR) is 110 cm³/mol. The van der Waals surface area contributed by atoms with E-state index in [2.05, 4.69) is 5.32 Å². The average molecular weight is 437 g/mol. The largest absolute Gasteiger partial charge is 0.535 e. The van der Waals surface area contributed by atoms with Gasteiger partial charge in [-0.05, 0) is 31.3 Å². The molecule has 1 saturated heterocycles. The van der Waals surface area contributed by atoms with Gasteiger partial charge in [0.1, 0.15) is 28.7 Å². The number of rotatable bonds is 9. The fourth-order valence-electron chi connectivity index (χ4n) is 3.66. The number of likely N-dealkylation sites (tertiary alicyclic amines) is 1. The number of aromatic carboxylic acids is 1. The Balaban J connectivity index is 1.59. The summed E-state index contributed by atoms with van der Waals surface area (Å²) in [6.45, 7) is 1.84. The van der Waals surface area contributed by atoms with Gasteiger partial charge in [-0.3, -0.25) is 9.69 Å². The van der Waals surface area contributed by atoms with Crippen LogP contribution in [0.3, 0.4) is 0 Å². The summed E-state index contributed by atoms with van der Waals surface area (Å²) in [5.41, 5.74) is 5.44. The summed E-state index contributed by atoms with van der Waals surface area (Å²) in [6, 6.07) is 2.55. The molecule has 1 fully saturated rings. The second kappa shape index (κ2) is 9.41. The normalized spacial score (nSPS) is 18.6. The van der Waals surface area contributed by atoms with Crippen LogP contribution in [0.5, 0.6) is 11.5 Å². The van der Waals surface area contributed by atoms with Crippen LogP contribution < -0.4 is 20.4 Å². The Kier molecular flexibility index (Phi) is 7.07. The van der Waals surface area contributed by atoms with Gasteiger partial charge in [-0.2, -0.15) is 0 Å². The van der Waals surface area contributed by atoms with Crippen LogP contribution in [-0.4, -0.2) is 94.8 Å².